The minimum atomic E-state index is -0.00969. The molecule has 1 N–H and O–H groups in total. The average molecular weight is 355 g/mol. The smallest absolute Gasteiger partial charge is 0.317 e. The number of nitrogens with one attached hydrogen (secondary N) is 1. The summed E-state index contributed by atoms with van der Waals surface area (Å²) in [6, 6.07) is 14.6. The van der Waals surface area contributed by atoms with Crippen molar-refractivity contribution in [2.24, 2.45) is 5.92 Å². The Kier molecular flexibility index (Phi) is 6.47. The molecular formula is C21H29N3O2. The zero-order valence-electron chi connectivity index (χ0n) is 15.8. The van der Waals surface area contributed by atoms with Gasteiger partial charge in [0, 0.05) is 33.3 Å². The molecule has 26 heavy (non-hydrogen) atoms. The number of carbonyl (C=O) groups excluding carboxylic acids is 1. The molecule has 2 amide bonds. The van der Waals surface area contributed by atoms with E-state index < -0.39 is 0 Å². The average Bonchev–Trinajstić information content (AvgIpc) is 3.08. The second-order valence-corrected chi connectivity index (χ2v) is 7.16. The van der Waals surface area contributed by atoms with Crippen LogP contribution in [0.4, 0.5) is 4.79 Å². The first-order valence-electron chi connectivity index (χ1n) is 9.34. The number of likely N-dealkylation sites (tertiary alicyclic amines) is 1. The zero-order chi connectivity index (χ0) is 18.4. The highest BCUT2D eigenvalue weighted by Crippen LogP contribution is 2.20. The maximum atomic E-state index is 12.8. The Morgan fingerprint density at radius 3 is 2.85 bits per heavy atom. The number of hydrogen-bond acceptors (Lipinski definition) is 3. The summed E-state index contributed by atoms with van der Waals surface area (Å²) in [5, 5.41) is 5.52. The van der Waals surface area contributed by atoms with E-state index in [9.17, 15) is 4.79 Å². The third kappa shape index (κ3) is 4.74. The number of rotatable bonds is 7. The highest BCUT2D eigenvalue weighted by molar-refractivity contribution is 5.86. The Balaban J connectivity index is 1.67. The summed E-state index contributed by atoms with van der Waals surface area (Å²) in [7, 11) is 3.80. The molecule has 140 valence electrons. The SMILES string of the molecule is COCCN(Cc1cccc2ccccc12)C(=O)NC[C@H]1CCN(C)C1. The van der Waals surface area contributed by atoms with Crippen LogP contribution in [0.25, 0.3) is 10.8 Å². The third-order valence-corrected chi connectivity index (χ3v) is 5.12. The molecule has 2 aromatic rings. The minimum Gasteiger partial charge on any atom is -0.383 e. The number of hydrogen-bond donors (Lipinski definition) is 1. The molecule has 0 unspecified atom stereocenters. The van der Waals surface area contributed by atoms with Crippen molar-refractivity contribution in [3.8, 4) is 0 Å². The molecule has 3 rings (SSSR count). The molecule has 5 heteroatoms. The molecule has 0 bridgehead atoms. The van der Waals surface area contributed by atoms with Gasteiger partial charge in [0.2, 0.25) is 0 Å². The first kappa shape index (κ1) is 18.7. The number of benzene rings is 2. The van der Waals surface area contributed by atoms with Gasteiger partial charge in [0.15, 0.2) is 0 Å². The predicted molar refractivity (Wildman–Crippen MR) is 105 cm³/mol. The van der Waals surface area contributed by atoms with Crippen LogP contribution in [0.2, 0.25) is 0 Å². The quantitative estimate of drug-likeness (QED) is 0.830. The summed E-state index contributed by atoms with van der Waals surface area (Å²) in [6.07, 6.45) is 1.15. The largest absolute Gasteiger partial charge is 0.383 e. The van der Waals surface area contributed by atoms with Crippen LogP contribution in [0.1, 0.15) is 12.0 Å². The van der Waals surface area contributed by atoms with Crippen molar-refractivity contribution in [2.75, 3.05) is 46.9 Å². The standard InChI is InChI=1S/C21H29N3O2/c1-23-11-10-17(15-23)14-22-21(25)24(12-13-26-2)16-19-8-5-7-18-6-3-4-9-20(18)19/h3-9,17H,10-16H2,1-2H3,(H,22,25)/t17-/m1/s1. The third-order valence-electron chi connectivity index (χ3n) is 5.12. The molecule has 1 heterocycles. The molecule has 1 aliphatic rings. The lowest BCUT2D eigenvalue weighted by Gasteiger charge is -2.24. The lowest BCUT2D eigenvalue weighted by atomic mass is 10.0. The van der Waals surface area contributed by atoms with Gasteiger partial charge in [-0.05, 0) is 42.3 Å². The molecule has 0 spiro atoms. The van der Waals surface area contributed by atoms with Gasteiger partial charge in [-0.1, -0.05) is 42.5 Å². The van der Waals surface area contributed by atoms with Gasteiger partial charge in [-0.15, -0.1) is 0 Å². The van der Waals surface area contributed by atoms with Crippen molar-refractivity contribution in [3.63, 3.8) is 0 Å². The predicted octanol–water partition coefficient (Wildman–Crippen LogP) is 2.95. The maximum absolute atomic E-state index is 12.8. The Bertz CT molecular complexity index is 729. The fourth-order valence-corrected chi connectivity index (χ4v) is 3.63. The highest BCUT2D eigenvalue weighted by atomic mass is 16.5. The summed E-state index contributed by atoms with van der Waals surface area (Å²) in [5.41, 5.74) is 1.16. The molecule has 1 aliphatic heterocycles. The molecule has 0 radical (unpaired) electrons. The number of methoxy groups -OCH3 is 1. The van der Waals surface area contributed by atoms with Gasteiger partial charge >= 0.3 is 6.03 Å². The van der Waals surface area contributed by atoms with Crippen LogP contribution in [-0.4, -0.2) is 62.8 Å². The summed E-state index contributed by atoms with van der Waals surface area (Å²) < 4.78 is 5.21. The van der Waals surface area contributed by atoms with E-state index in [-0.39, 0.29) is 6.03 Å². The number of ether oxygens (including phenoxy) is 1. The van der Waals surface area contributed by atoms with Crippen LogP contribution in [0.15, 0.2) is 42.5 Å². The fourth-order valence-electron chi connectivity index (χ4n) is 3.63. The van der Waals surface area contributed by atoms with Crippen LogP contribution >= 0.6 is 0 Å². The minimum absolute atomic E-state index is 0.00969. The van der Waals surface area contributed by atoms with E-state index >= 15 is 0 Å². The topological polar surface area (TPSA) is 44.8 Å². The molecule has 2 aromatic carbocycles. The van der Waals surface area contributed by atoms with E-state index in [1.807, 2.05) is 17.0 Å². The monoisotopic (exact) mass is 355 g/mol. The van der Waals surface area contributed by atoms with E-state index in [1.54, 1.807) is 7.11 Å². The van der Waals surface area contributed by atoms with Crippen LogP contribution in [0.3, 0.4) is 0 Å². The first-order chi connectivity index (χ1) is 12.7. The molecule has 1 fully saturated rings. The first-order valence-corrected chi connectivity index (χ1v) is 9.34. The highest BCUT2D eigenvalue weighted by Gasteiger charge is 2.21. The normalized spacial score (nSPS) is 17.5. The lowest BCUT2D eigenvalue weighted by molar-refractivity contribution is 0.146. The Labute approximate surface area is 155 Å². The summed E-state index contributed by atoms with van der Waals surface area (Å²) in [5.74, 6) is 0.547. The molecular weight excluding hydrogens is 326 g/mol. The summed E-state index contributed by atoms with van der Waals surface area (Å²) in [6.45, 7) is 4.61. The van der Waals surface area contributed by atoms with Gasteiger partial charge in [0.1, 0.15) is 0 Å². The van der Waals surface area contributed by atoms with Crippen LogP contribution in [0, 0.1) is 5.92 Å². The maximum Gasteiger partial charge on any atom is 0.317 e. The second-order valence-electron chi connectivity index (χ2n) is 7.16. The van der Waals surface area contributed by atoms with Crippen molar-refractivity contribution >= 4 is 16.8 Å². The van der Waals surface area contributed by atoms with Gasteiger partial charge in [-0.2, -0.15) is 0 Å². The van der Waals surface area contributed by atoms with Gasteiger partial charge < -0.3 is 19.9 Å². The summed E-state index contributed by atoms with van der Waals surface area (Å²) in [4.78, 5) is 16.9. The van der Waals surface area contributed by atoms with Crippen molar-refractivity contribution < 1.29 is 9.53 Å². The molecule has 1 saturated heterocycles. The van der Waals surface area contributed by atoms with Crippen LogP contribution in [-0.2, 0) is 11.3 Å². The van der Waals surface area contributed by atoms with Gasteiger partial charge in [0.05, 0.1) is 6.61 Å². The number of carbonyl (C=O) groups is 1. The second kappa shape index (κ2) is 9.01. The number of nitrogens with zero attached hydrogens (tertiary/aromatic N) is 2. The van der Waals surface area contributed by atoms with Crippen molar-refractivity contribution in [3.05, 3.63) is 48.0 Å². The van der Waals surface area contributed by atoms with E-state index in [1.165, 1.54) is 10.8 Å². The van der Waals surface area contributed by atoms with E-state index in [0.717, 1.165) is 31.6 Å². The van der Waals surface area contributed by atoms with E-state index in [2.05, 4.69) is 47.6 Å². The molecule has 5 nitrogen and oxygen atoms in total. The van der Waals surface area contributed by atoms with E-state index in [4.69, 9.17) is 4.74 Å². The lowest BCUT2D eigenvalue weighted by Crippen LogP contribution is -2.43. The van der Waals surface area contributed by atoms with Gasteiger partial charge in [-0.25, -0.2) is 4.79 Å². The Morgan fingerprint density at radius 1 is 1.27 bits per heavy atom. The van der Waals surface area contributed by atoms with Crippen molar-refractivity contribution in [1.29, 1.82) is 0 Å². The fraction of sp³-hybridized carbons (Fsp3) is 0.476. The van der Waals surface area contributed by atoms with Gasteiger partial charge in [-0.3, -0.25) is 0 Å². The van der Waals surface area contributed by atoms with Crippen molar-refractivity contribution in [1.82, 2.24) is 15.1 Å². The van der Waals surface area contributed by atoms with Crippen LogP contribution < -0.4 is 5.32 Å². The molecule has 0 saturated carbocycles. The molecule has 0 aromatic heterocycles. The number of amides is 2. The van der Waals surface area contributed by atoms with Gasteiger partial charge in [0.25, 0.3) is 0 Å². The Hall–Kier alpha value is -2.11. The molecule has 1 atom stereocenters. The van der Waals surface area contributed by atoms with Crippen molar-refractivity contribution in [2.45, 2.75) is 13.0 Å². The van der Waals surface area contributed by atoms with Crippen LogP contribution in [0.5, 0.6) is 0 Å². The zero-order valence-corrected chi connectivity index (χ0v) is 15.8. The molecule has 0 aliphatic carbocycles. The number of urea groups is 1. The summed E-state index contributed by atoms with van der Waals surface area (Å²) >= 11 is 0. The van der Waals surface area contributed by atoms with E-state index in [0.29, 0.717) is 25.6 Å². The Morgan fingerprint density at radius 2 is 2.08 bits per heavy atom. The number of fused-ring (bicyclic) bond motifs is 1.